The monoisotopic (exact) mass is 594 g/mol. The number of hydrogen-bond acceptors (Lipinski definition) is 9. The van der Waals surface area contributed by atoms with Gasteiger partial charge in [0.05, 0.1) is 23.0 Å². The molecule has 0 aromatic heterocycles. The van der Waals surface area contributed by atoms with E-state index in [1.807, 2.05) is 33.9 Å². The molecule has 39 heavy (non-hydrogen) atoms. The number of β-lactam (4-membered cyclic amide) rings is 1. The molecular formula is C23H29F3N2O9SSi. The first-order valence-corrected chi connectivity index (χ1v) is 16.1. The molecule has 0 radical (unpaired) electrons. The van der Waals surface area contributed by atoms with Crippen LogP contribution in [0.15, 0.2) is 35.7 Å². The van der Waals surface area contributed by atoms with Crippen molar-refractivity contribution in [3.05, 3.63) is 51.4 Å². The van der Waals surface area contributed by atoms with Crippen molar-refractivity contribution in [3.8, 4) is 0 Å². The first-order chi connectivity index (χ1) is 17.7. The lowest BCUT2D eigenvalue weighted by Crippen LogP contribution is -2.63. The molecule has 216 valence electrons. The van der Waals surface area contributed by atoms with Gasteiger partial charge in [-0.25, -0.2) is 4.79 Å². The van der Waals surface area contributed by atoms with Crippen LogP contribution in [0.5, 0.6) is 0 Å². The molecular weight excluding hydrogens is 565 g/mol. The number of nitrogens with zero attached hydrogens (tertiary/aromatic N) is 2. The van der Waals surface area contributed by atoms with Crippen LogP contribution in [0.3, 0.4) is 0 Å². The Morgan fingerprint density at radius 2 is 1.77 bits per heavy atom. The predicted molar refractivity (Wildman–Crippen MR) is 132 cm³/mol. The van der Waals surface area contributed by atoms with Crippen molar-refractivity contribution in [2.24, 2.45) is 5.92 Å². The van der Waals surface area contributed by atoms with Crippen molar-refractivity contribution in [2.45, 2.75) is 76.5 Å². The highest BCUT2D eigenvalue weighted by molar-refractivity contribution is 7.87. The molecule has 3 atom stereocenters. The van der Waals surface area contributed by atoms with Crippen molar-refractivity contribution in [2.75, 3.05) is 0 Å². The van der Waals surface area contributed by atoms with Crippen LogP contribution in [-0.2, 0) is 39.7 Å². The molecule has 2 aliphatic heterocycles. The van der Waals surface area contributed by atoms with Crippen LogP contribution in [0.4, 0.5) is 18.9 Å². The molecule has 1 aromatic carbocycles. The number of hydrogen-bond donors (Lipinski definition) is 0. The maximum absolute atomic E-state index is 13.1. The average Bonchev–Trinajstić information content (AvgIpc) is 3.09. The fourth-order valence-corrected chi connectivity index (χ4v) is 6.04. The third kappa shape index (κ3) is 5.96. The highest BCUT2D eigenvalue weighted by atomic mass is 32.2. The molecule has 0 spiro atoms. The van der Waals surface area contributed by atoms with E-state index in [0.717, 1.165) is 17.0 Å². The minimum absolute atomic E-state index is 0.205. The number of carbonyl (C=O) groups excluding carboxylic acids is 2. The number of nitro benzene ring substituents is 1. The number of alkyl halides is 3. The minimum Gasteiger partial charge on any atom is -0.456 e. The summed E-state index contributed by atoms with van der Waals surface area (Å²) in [6, 6.07) is 4.04. The van der Waals surface area contributed by atoms with Crippen molar-refractivity contribution >= 4 is 36.0 Å². The summed E-state index contributed by atoms with van der Waals surface area (Å²) in [5, 5.41) is 10.6. The number of fused-ring (bicyclic) bond motifs is 1. The average molecular weight is 595 g/mol. The van der Waals surface area contributed by atoms with Crippen molar-refractivity contribution < 1.29 is 49.4 Å². The predicted octanol–water partition coefficient (Wildman–Crippen LogP) is 4.36. The number of nitro groups is 1. The first kappa shape index (κ1) is 30.6. The van der Waals surface area contributed by atoms with E-state index < -0.39 is 83.3 Å². The van der Waals surface area contributed by atoms with E-state index >= 15 is 0 Å². The normalized spacial score (nSPS) is 20.8. The van der Waals surface area contributed by atoms with Crippen LogP contribution in [0.25, 0.3) is 0 Å². The Bertz CT molecular complexity index is 1310. The van der Waals surface area contributed by atoms with Crippen molar-refractivity contribution in [1.29, 1.82) is 0 Å². The van der Waals surface area contributed by atoms with E-state index in [1.165, 1.54) is 12.1 Å². The SMILES string of the molecule is C[C@@H](O[Si](C)(C)C(C)(C)C)[C@H]1C(=O)N2C(C(=O)OCc3ccc([N+](=O)[O-])cc3)=C(OS(=O)(=O)C(F)(F)F)C[C@H]12. The lowest BCUT2D eigenvalue weighted by atomic mass is 9.83. The van der Waals surface area contributed by atoms with Crippen LogP contribution in [0, 0.1) is 16.0 Å². The summed E-state index contributed by atoms with van der Waals surface area (Å²) in [6.45, 7) is 11.1. The molecule has 0 aliphatic carbocycles. The fourth-order valence-electron chi connectivity index (χ4n) is 4.11. The van der Waals surface area contributed by atoms with Gasteiger partial charge in [0.1, 0.15) is 6.61 Å². The molecule has 3 rings (SSSR count). The zero-order chi connectivity index (χ0) is 29.7. The van der Waals surface area contributed by atoms with Gasteiger partial charge in [0, 0.05) is 18.6 Å². The number of ether oxygens (including phenoxy) is 1. The highest BCUT2D eigenvalue weighted by Crippen LogP contribution is 2.47. The Morgan fingerprint density at radius 3 is 2.26 bits per heavy atom. The largest absolute Gasteiger partial charge is 0.534 e. The first-order valence-electron chi connectivity index (χ1n) is 11.8. The Balaban J connectivity index is 1.86. The van der Waals surface area contributed by atoms with Crippen LogP contribution in [-0.4, -0.2) is 56.1 Å². The standard InChI is InChI=1S/C23H29F3N2O9SSi/c1-13(37-39(5,6)22(2,3)4)18-16-11-17(36-38(33,34)23(24,25)26)19(27(16)20(18)29)21(30)35-12-14-7-9-15(10-8-14)28(31)32/h7-10,13,16,18H,11-12H2,1-6H3/t13-,16-,18-/m1/s1. The Hall–Kier alpha value is -2.98. The molecule has 0 unspecified atom stereocenters. The van der Waals surface area contributed by atoms with E-state index in [4.69, 9.17) is 9.16 Å². The summed E-state index contributed by atoms with van der Waals surface area (Å²) in [5.74, 6) is -3.64. The fraction of sp³-hybridized carbons (Fsp3) is 0.565. The summed E-state index contributed by atoms with van der Waals surface area (Å²) in [7, 11) is -8.50. The van der Waals surface area contributed by atoms with E-state index in [1.54, 1.807) is 6.92 Å². The molecule has 0 saturated carbocycles. The lowest BCUT2D eigenvalue weighted by Gasteiger charge is -2.48. The second-order valence-electron chi connectivity index (χ2n) is 10.8. The summed E-state index contributed by atoms with van der Waals surface area (Å²) in [5.41, 5.74) is -6.42. The number of rotatable bonds is 9. The smallest absolute Gasteiger partial charge is 0.456 e. The number of benzene rings is 1. The summed E-state index contributed by atoms with van der Waals surface area (Å²) >= 11 is 0. The van der Waals surface area contributed by atoms with Gasteiger partial charge in [-0.05, 0) is 42.8 Å². The Labute approximate surface area is 224 Å². The van der Waals surface area contributed by atoms with Gasteiger partial charge in [0.2, 0.25) is 5.91 Å². The molecule has 11 nitrogen and oxygen atoms in total. The molecule has 1 fully saturated rings. The Kier molecular flexibility index (Phi) is 7.99. The summed E-state index contributed by atoms with van der Waals surface area (Å²) in [6.07, 6.45) is -1.14. The molecule has 2 heterocycles. The Morgan fingerprint density at radius 1 is 1.21 bits per heavy atom. The number of amides is 1. The molecule has 2 aliphatic rings. The highest BCUT2D eigenvalue weighted by Gasteiger charge is 2.60. The third-order valence-corrected chi connectivity index (χ3v) is 12.7. The second kappa shape index (κ2) is 10.2. The number of halogens is 3. The van der Waals surface area contributed by atoms with E-state index in [2.05, 4.69) is 4.18 Å². The molecule has 1 saturated heterocycles. The van der Waals surface area contributed by atoms with Crippen LogP contribution >= 0.6 is 0 Å². The van der Waals surface area contributed by atoms with Crippen LogP contribution in [0.2, 0.25) is 18.1 Å². The maximum Gasteiger partial charge on any atom is 0.534 e. The van der Waals surface area contributed by atoms with Gasteiger partial charge >= 0.3 is 21.6 Å². The number of carbonyl (C=O) groups is 2. The molecule has 1 amide bonds. The van der Waals surface area contributed by atoms with Gasteiger partial charge in [0.15, 0.2) is 19.8 Å². The topological polar surface area (TPSA) is 142 Å². The molecule has 0 N–H and O–H groups in total. The van der Waals surface area contributed by atoms with Crippen LogP contribution in [0.1, 0.15) is 39.7 Å². The third-order valence-electron chi connectivity index (χ3n) is 7.16. The second-order valence-corrected chi connectivity index (χ2v) is 17.1. The minimum atomic E-state index is -6.14. The maximum atomic E-state index is 13.1. The summed E-state index contributed by atoms with van der Waals surface area (Å²) < 4.78 is 78.4. The van der Waals surface area contributed by atoms with Gasteiger partial charge in [-0.1, -0.05) is 20.8 Å². The van der Waals surface area contributed by atoms with E-state index in [9.17, 15) is 41.3 Å². The van der Waals surface area contributed by atoms with Crippen LogP contribution < -0.4 is 0 Å². The van der Waals surface area contributed by atoms with Gasteiger partial charge in [-0.3, -0.25) is 19.8 Å². The lowest BCUT2D eigenvalue weighted by molar-refractivity contribution is -0.384. The quantitative estimate of drug-likeness (QED) is 0.0775. The van der Waals surface area contributed by atoms with Gasteiger partial charge < -0.3 is 13.3 Å². The van der Waals surface area contributed by atoms with Crippen molar-refractivity contribution in [1.82, 2.24) is 4.90 Å². The van der Waals surface area contributed by atoms with Gasteiger partial charge in [-0.15, -0.1) is 0 Å². The van der Waals surface area contributed by atoms with Crippen molar-refractivity contribution in [3.63, 3.8) is 0 Å². The van der Waals surface area contributed by atoms with E-state index in [0.29, 0.717) is 5.56 Å². The zero-order valence-electron chi connectivity index (χ0n) is 22.1. The van der Waals surface area contributed by atoms with E-state index in [-0.39, 0.29) is 10.7 Å². The van der Waals surface area contributed by atoms with Gasteiger partial charge in [-0.2, -0.15) is 21.6 Å². The molecule has 16 heteroatoms. The summed E-state index contributed by atoms with van der Waals surface area (Å²) in [4.78, 5) is 37.2. The number of esters is 1. The zero-order valence-corrected chi connectivity index (χ0v) is 23.9. The van der Waals surface area contributed by atoms with Gasteiger partial charge in [0.25, 0.3) is 5.69 Å². The molecule has 1 aromatic rings. The number of non-ortho nitro benzene ring substituents is 1. The molecule has 0 bridgehead atoms.